The van der Waals surface area contributed by atoms with Crippen molar-refractivity contribution in [2.75, 3.05) is 6.54 Å². The highest BCUT2D eigenvalue weighted by atomic mass is 19.4. The Morgan fingerprint density at radius 3 is 2.83 bits per heavy atom. The van der Waals surface area contributed by atoms with Gasteiger partial charge in [-0.05, 0) is 25.3 Å². The van der Waals surface area contributed by atoms with Crippen molar-refractivity contribution in [1.29, 1.82) is 0 Å². The number of piperidine rings is 1. The van der Waals surface area contributed by atoms with Gasteiger partial charge < -0.3 is 10.6 Å². The third-order valence-electron chi connectivity index (χ3n) is 4.35. The SMILES string of the molecule is Cc1cc(C(=O)NC2CNC3CC32)n2nc(C(F)(F)F)cc2n1. The third kappa shape index (κ3) is 2.44. The number of rotatable bonds is 2. The Morgan fingerprint density at radius 1 is 1.43 bits per heavy atom. The van der Waals surface area contributed by atoms with E-state index in [0.29, 0.717) is 24.2 Å². The van der Waals surface area contributed by atoms with Crippen LogP contribution in [0.5, 0.6) is 0 Å². The van der Waals surface area contributed by atoms with Crippen LogP contribution < -0.4 is 10.6 Å². The Bertz CT molecular complexity index is 800. The van der Waals surface area contributed by atoms with Gasteiger partial charge in [-0.25, -0.2) is 9.50 Å². The molecule has 3 heterocycles. The topological polar surface area (TPSA) is 71.3 Å². The van der Waals surface area contributed by atoms with Crippen LogP contribution in [0.3, 0.4) is 0 Å². The fraction of sp³-hybridized carbons (Fsp3) is 0.500. The number of nitrogens with zero attached hydrogens (tertiary/aromatic N) is 3. The smallest absolute Gasteiger partial charge is 0.346 e. The number of fused-ring (bicyclic) bond motifs is 2. The lowest BCUT2D eigenvalue weighted by molar-refractivity contribution is -0.141. The number of nitrogens with one attached hydrogen (secondary N) is 2. The predicted molar refractivity (Wildman–Crippen MR) is 73.9 cm³/mol. The minimum Gasteiger partial charge on any atom is -0.346 e. The van der Waals surface area contributed by atoms with Crippen LogP contribution in [0, 0.1) is 12.8 Å². The molecule has 6 nitrogen and oxygen atoms in total. The van der Waals surface area contributed by atoms with Gasteiger partial charge in [0.15, 0.2) is 11.3 Å². The number of halogens is 3. The van der Waals surface area contributed by atoms with Crippen LogP contribution in [0.2, 0.25) is 0 Å². The van der Waals surface area contributed by atoms with Crippen molar-refractivity contribution in [3.05, 3.63) is 29.2 Å². The van der Waals surface area contributed by atoms with E-state index in [4.69, 9.17) is 0 Å². The van der Waals surface area contributed by atoms with Crippen LogP contribution >= 0.6 is 0 Å². The average Bonchev–Trinajstić information content (AvgIpc) is 2.93. The van der Waals surface area contributed by atoms with E-state index in [0.717, 1.165) is 17.0 Å². The van der Waals surface area contributed by atoms with Gasteiger partial charge in [-0.2, -0.15) is 18.3 Å². The summed E-state index contributed by atoms with van der Waals surface area (Å²) in [5.41, 5.74) is -0.525. The summed E-state index contributed by atoms with van der Waals surface area (Å²) >= 11 is 0. The molecule has 1 saturated heterocycles. The number of carbonyl (C=O) groups is 1. The molecule has 1 amide bonds. The predicted octanol–water partition coefficient (Wildman–Crippen LogP) is 1.15. The second kappa shape index (κ2) is 4.67. The Balaban J connectivity index is 1.70. The van der Waals surface area contributed by atoms with Gasteiger partial charge in [0.2, 0.25) is 0 Å². The van der Waals surface area contributed by atoms with Crippen molar-refractivity contribution in [1.82, 2.24) is 25.2 Å². The maximum atomic E-state index is 12.8. The molecule has 23 heavy (non-hydrogen) atoms. The number of hydrogen-bond donors (Lipinski definition) is 2. The summed E-state index contributed by atoms with van der Waals surface area (Å²) in [5.74, 6) is -0.0163. The Kier molecular flexibility index (Phi) is 2.93. The fourth-order valence-electron chi connectivity index (χ4n) is 3.12. The van der Waals surface area contributed by atoms with Gasteiger partial charge >= 0.3 is 6.18 Å². The standard InChI is InChI=1S/C14H14F3N5O/c1-6-2-10(13(23)20-9-5-18-8-3-7(8)9)22-12(19-6)4-11(21-22)14(15,16)17/h2,4,7-9,18H,3,5H2,1H3,(H,20,23). The summed E-state index contributed by atoms with van der Waals surface area (Å²) in [7, 11) is 0. The van der Waals surface area contributed by atoms with E-state index in [9.17, 15) is 18.0 Å². The number of aromatic nitrogens is 3. The van der Waals surface area contributed by atoms with Crippen molar-refractivity contribution in [2.24, 2.45) is 5.92 Å². The van der Waals surface area contributed by atoms with Crippen molar-refractivity contribution in [3.63, 3.8) is 0 Å². The zero-order valence-corrected chi connectivity index (χ0v) is 12.2. The molecule has 3 atom stereocenters. The molecule has 9 heteroatoms. The first-order valence-corrected chi connectivity index (χ1v) is 7.32. The molecule has 2 aromatic rings. The van der Waals surface area contributed by atoms with E-state index in [1.54, 1.807) is 6.92 Å². The minimum atomic E-state index is -4.58. The summed E-state index contributed by atoms with van der Waals surface area (Å²) in [6.07, 6.45) is -3.55. The molecule has 0 bridgehead atoms. The summed E-state index contributed by atoms with van der Waals surface area (Å²) < 4.78 is 39.5. The van der Waals surface area contributed by atoms with Gasteiger partial charge in [0, 0.05) is 30.4 Å². The highest BCUT2D eigenvalue weighted by molar-refractivity contribution is 5.93. The normalized spacial score (nSPS) is 26.3. The lowest BCUT2D eigenvalue weighted by atomic mass is 10.2. The fourth-order valence-corrected chi connectivity index (χ4v) is 3.12. The highest BCUT2D eigenvalue weighted by Gasteiger charge is 2.48. The molecule has 2 N–H and O–H groups in total. The molecule has 3 unspecified atom stereocenters. The van der Waals surface area contributed by atoms with E-state index < -0.39 is 17.8 Å². The second-order valence-corrected chi connectivity index (χ2v) is 6.07. The summed E-state index contributed by atoms with van der Waals surface area (Å²) in [4.78, 5) is 16.5. The Morgan fingerprint density at radius 2 is 2.22 bits per heavy atom. The van der Waals surface area contributed by atoms with Gasteiger partial charge in [0.1, 0.15) is 5.69 Å². The van der Waals surface area contributed by atoms with Crippen molar-refractivity contribution in [3.8, 4) is 0 Å². The molecule has 0 spiro atoms. The molecule has 2 aromatic heterocycles. The zero-order chi connectivity index (χ0) is 16.4. The van der Waals surface area contributed by atoms with Crippen molar-refractivity contribution < 1.29 is 18.0 Å². The monoisotopic (exact) mass is 325 g/mol. The maximum Gasteiger partial charge on any atom is 0.435 e. The van der Waals surface area contributed by atoms with Gasteiger partial charge in [0.25, 0.3) is 5.91 Å². The maximum absolute atomic E-state index is 12.8. The molecule has 1 aliphatic heterocycles. The van der Waals surface area contributed by atoms with Crippen molar-refractivity contribution >= 4 is 11.6 Å². The lowest BCUT2D eigenvalue weighted by Crippen LogP contribution is -2.40. The van der Waals surface area contributed by atoms with Crippen LogP contribution in [0.15, 0.2) is 12.1 Å². The largest absolute Gasteiger partial charge is 0.435 e. The molecule has 122 valence electrons. The van der Waals surface area contributed by atoms with E-state index in [-0.39, 0.29) is 17.4 Å². The molecule has 1 aliphatic carbocycles. The number of hydrogen-bond acceptors (Lipinski definition) is 4. The van der Waals surface area contributed by atoms with E-state index in [2.05, 4.69) is 20.7 Å². The summed E-state index contributed by atoms with van der Waals surface area (Å²) in [6, 6.07) is 2.76. The number of aryl methyl sites for hydroxylation is 1. The van der Waals surface area contributed by atoms with E-state index in [1.807, 2.05) is 0 Å². The zero-order valence-electron chi connectivity index (χ0n) is 12.2. The quantitative estimate of drug-likeness (QED) is 0.869. The molecule has 4 rings (SSSR count). The van der Waals surface area contributed by atoms with Gasteiger partial charge in [-0.1, -0.05) is 0 Å². The molecular weight excluding hydrogens is 311 g/mol. The van der Waals surface area contributed by atoms with Gasteiger partial charge in [-0.15, -0.1) is 0 Å². The number of carbonyl (C=O) groups excluding carboxylic acids is 1. The molecule has 0 radical (unpaired) electrons. The molecular formula is C14H14F3N5O. The van der Waals surface area contributed by atoms with Crippen LogP contribution in [-0.2, 0) is 6.18 Å². The lowest BCUT2D eigenvalue weighted by Gasteiger charge is -2.14. The van der Waals surface area contributed by atoms with E-state index >= 15 is 0 Å². The minimum absolute atomic E-state index is 0.00803. The summed E-state index contributed by atoms with van der Waals surface area (Å²) in [6.45, 7) is 2.31. The van der Waals surface area contributed by atoms with Crippen LogP contribution in [0.25, 0.3) is 5.65 Å². The third-order valence-corrected chi connectivity index (χ3v) is 4.35. The summed E-state index contributed by atoms with van der Waals surface area (Å²) in [5, 5.41) is 9.66. The molecule has 0 aromatic carbocycles. The second-order valence-electron chi connectivity index (χ2n) is 6.07. The Labute approximate surface area is 129 Å². The average molecular weight is 325 g/mol. The van der Waals surface area contributed by atoms with Crippen LogP contribution in [-0.4, -0.2) is 39.1 Å². The first-order valence-electron chi connectivity index (χ1n) is 7.32. The van der Waals surface area contributed by atoms with Crippen LogP contribution in [0.1, 0.15) is 28.3 Å². The first kappa shape index (κ1) is 14.4. The van der Waals surface area contributed by atoms with Crippen LogP contribution in [0.4, 0.5) is 13.2 Å². The highest BCUT2D eigenvalue weighted by Crippen LogP contribution is 2.38. The molecule has 2 aliphatic rings. The van der Waals surface area contributed by atoms with Gasteiger partial charge in [-0.3, -0.25) is 4.79 Å². The van der Waals surface area contributed by atoms with Crippen molar-refractivity contribution in [2.45, 2.75) is 31.6 Å². The number of amides is 1. The number of alkyl halides is 3. The molecule has 1 saturated carbocycles. The molecule has 2 fully saturated rings. The van der Waals surface area contributed by atoms with E-state index in [1.165, 1.54) is 6.07 Å². The first-order chi connectivity index (χ1) is 10.8. The van der Waals surface area contributed by atoms with Gasteiger partial charge in [0.05, 0.1) is 0 Å². The Hall–Kier alpha value is -2.16.